The van der Waals surface area contributed by atoms with Crippen LogP contribution >= 0.6 is 0 Å². The number of pyridine rings is 1. The van der Waals surface area contributed by atoms with Crippen molar-refractivity contribution in [2.24, 2.45) is 0 Å². The number of carboxylic acid groups (broad SMARTS) is 1. The van der Waals surface area contributed by atoms with Crippen molar-refractivity contribution in [3.8, 4) is 0 Å². The summed E-state index contributed by atoms with van der Waals surface area (Å²) in [5.41, 5.74) is 2.55. The lowest BCUT2D eigenvalue weighted by Crippen LogP contribution is -2.49. The molecule has 50 heavy (non-hydrogen) atoms. The summed E-state index contributed by atoms with van der Waals surface area (Å²) >= 11 is 0. The number of likely N-dealkylation sites (tertiary alicyclic amines) is 1. The van der Waals surface area contributed by atoms with Gasteiger partial charge in [-0.25, -0.2) is 26.6 Å². The van der Waals surface area contributed by atoms with E-state index in [0.29, 0.717) is 11.1 Å². The number of carboxylic acids is 1. The van der Waals surface area contributed by atoms with Crippen LogP contribution in [0.15, 0.2) is 70.6 Å². The molecule has 4 rings (SSSR count). The minimum absolute atomic E-state index is 0.0275. The van der Waals surface area contributed by atoms with Crippen molar-refractivity contribution in [3.63, 3.8) is 0 Å². The van der Waals surface area contributed by atoms with E-state index in [9.17, 15) is 36.3 Å². The predicted molar refractivity (Wildman–Crippen MR) is 183 cm³/mol. The van der Waals surface area contributed by atoms with Crippen LogP contribution in [0.3, 0.4) is 0 Å². The summed E-state index contributed by atoms with van der Waals surface area (Å²) in [6, 6.07) is 14.8. The molecule has 17 heteroatoms. The first-order chi connectivity index (χ1) is 23.5. The van der Waals surface area contributed by atoms with Crippen LogP contribution in [-0.4, -0.2) is 100 Å². The van der Waals surface area contributed by atoms with Crippen molar-refractivity contribution >= 4 is 43.6 Å². The summed E-state index contributed by atoms with van der Waals surface area (Å²) in [6.07, 6.45) is 0.0868. The first kappa shape index (κ1) is 38.2. The van der Waals surface area contributed by atoms with E-state index in [-0.39, 0.29) is 41.9 Å². The van der Waals surface area contributed by atoms with Crippen LogP contribution in [0.1, 0.15) is 28.7 Å². The van der Waals surface area contributed by atoms with Crippen LogP contribution in [-0.2, 0) is 45.5 Å². The first-order valence-corrected chi connectivity index (χ1v) is 19.0. The zero-order valence-electron chi connectivity index (χ0n) is 28.1. The molecule has 2 amide bonds. The van der Waals surface area contributed by atoms with Crippen LogP contribution in [0.2, 0.25) is 0 Å². The molecular weight excluding hydrogens is 691 g/mol. The minimum Gasteiger partial charge on any atom is -0.480 e. The number of rotatable bonds is 15. The van der Waals surface area contributed by atoms with Crippen molar-refractivity contribution in [1.29, 1.82) is 0 Å². The average molecular weight is 732 g/mol. The third kappa shape index (κ3) is 10.5. The Morgan fingerprint density at radius 3 is 2.32 bits per heavy atom. The Balaban J connectivity index is 1.36. The molecule has 3 atom stereocenters. The molecule has 0 aliphatic carbocycles. The third-order valence-electron chi connectivity index (χ3n) is 7.86. The average Bonchev–Trinajstić information content (AvgIpc) is 3.46. The molecular formula is C33H41N5O10S2. The summed E-state index contributed by atoms with van der Waals surface area (Å²) in [5.74, 6) is -1.89. The molecule has 1 aromatic heterocycles. The van der Waals surface area contributed by atoms with Crippen molar-refractivity contribution < 1.29 is 45.8 Å². The number of aryl methyl sites for hydroxylation is 3. The number of anilines is 1. The molecule has 270 valence electrons. The number of sulfone groups is 1. The molecule has 15 nitrogen and oxygen atoms in total. The summed E-state index contributed by atoms with van der Waals surface area (Å²) in [5, 5.41) is 15.0. The molecule has 0 saturated carbocycles. The van der Waals surface area contributed by atoms with E-state index in [1.165, 1.54) is 11.0 Å². The quantitative estimate of drug-likeness (QED) is 0.177. The van der Waals surface area contributed by atoms with E-state index in [1.54, 1.807) is 38.1 Å². The SMILES string of the molecule is Cc1cc(C)c(S(=O)(=O)NC(CNC(=O)COC2CC(CNc3cccc(S(C)(=O)=O)n3)N(C(=O)OCc3ccccc3)C2)C(=O)O)c(C)c1. The highest BCUT2D eigenvalue weighted by atomic mass is 32.2. The normalized spacial score (nSPS) is 16.8. The van der Waals surface area contributed by atoms with Gasteiger partial charge in [0.1, 0.15) is 25.1 Å². The van der Waals surface area contributed by atoms with E-state index >= 15 is 0 Å². The number of hydrogen-bond donors (Lipinski definition) is 4. The fourth-order valence-corrected chi connectivity index (χ4v) is 7.86. The minimum atomic E-state index is -4.24. The molecule has 1 fully saturated rings. The molecule has 1 saturated heterocycles. The fourth-order valence-electron chi connectivity index (χ4n) is 5.63. The Kier molecular flexibility index (Phi) is 12.6. The molecule has 3 aromatic rings. The highest BCUT2D eigenvalue weighted by molar-refractivity contribution is 7.90. The Morgan fingerprint density at radius 1 is 1.00 bits per heavy atom. The lowest BCUT2D eigenvalue weighted by Gasteiger charge is -2.24. The number of nitrogens with one attached hydrogen (secondary N) is 3. The van der Waals surface area contributed by atoms with Crippen LogP contribution < -0.4 is 15.4 Å². The number of sulfonamides is 1. The summed E-state index contributed by atoms with van der Waals surface area (Å²) in [6.45, 7) is 4.26. The van der Waals surface area contributed by atoms with Gasteiger partial charge in [-0.1, -0.05) is 54.1 Å². The van der Waals surface area contributed by atoms with Crippen molar-refractivity contribution in [2.75, 3.05) is 37.8 Å². The largest absolute Gasteiger partial charge is 0.480 e. The molecule has 3 unspecified atom stereocenters. The topological polar surface area (TPSA) is 210 Å². The molecule has 2 aromatic carbocycles. The number of nitrogens with zero attached hydrogens (tertiary/aromatic N) is 2. The maximum Gasteiger partial charge on any atom is 0.410 e. The van der Waals surface area contributed by atoms with Crippen molar-refractivity contribution in [1.82, 2.24) is 19.9 Å². The zero-order valence-corrected chi connectivity index (χ0v) is 29.7. The zero-order chi connectivity index (χ0) is 36.6. The van der Waals surface area contributed by atoms with Crippen LogP contribution in [0, 0.1) is 20.8 Å². The first-order valence-electron chi connectivity index (χ1n) is 15.6. The van der Waals surface area contributed by atoms with Gasteiger partial charge in [-0.3, -0.25) is 9.59 Å². The maximum absolute atomic E-state index is 13.2. The second-order valence-corrected chi connectivity index (χ2v) is 15.7. The van der Waals surface area contributed by atoms with E-state index in [4.69, 9.17) is 9.47 Å². The number of carbonyl (C=O) groups is 3. The van der Waals surface area contributed by atoms with Gasteiger partial charge in [0.25, 0.3) is 0 Å². The van der Waals surface area contributed by atoms with Gasteiger partial charge in [-0.15, -0.1) is 0 Å². The van der Waals surface area contributed by atoms with Crippen LogP contribution in [0.4, 0.5) is 10.6 Å². The molecule has 0 radical (unpaired) electrons. The second kappa shape index (κ2) is 16.4. The molecule has 2 heterocycles. The summed E-state index contributed by atoms with van der Waals surface area (Å²) in [7, 11) is -7.78. The second-order valence-electron chi connectivity index (χ2n) is 12.1. The number of benzene rings is 2. The Bertz CT molecular complexity index is 1900. The smallest absolute Gasteiger partial charge is 0.410 e. The highest BCUT2D eigenvalue weighted by Gasteiger charge is 2.37. The number of amides is 2. The van der Waals surface area contributed by atoms with Crippen molar-refractivity contribution in [2.45, 2.75) is 61.9 Å². The van der Waals surface area contributed by atoms with Gasteiger partial charge >= 0.3 is 12.1 Å². The van der Waals surface area contributed by atoms with E-state index in [0.717, 1.165) is 17.4 Å². The van der Waals surface area contributed by atoms with Gasteiger partial charge in [-0.2, -0.15) is 4.72 Å². The van der Waals surface area contributed by atoms with E-state index < -0.39 is 69.2 Å². The maximum atomic E-state index is 13.2. The summed E-state index contributed by atoms with van der Waals surface area (Å²) in [4.78, 5) is 43.3. The van der Waals surface area contributed by atoms with Gasteiger partial charge < -0.3 is 30.1 Å². The number of aliphatic carboxylic acids is 1. The Morgan fingerprint density at radius 2 is 1.68 bits per heavy atom. The lowest BCUT2D eigenvalue weighted by molar-refractivity contribution is -0.139. The monoisotopic (exact) mass is 731 g/mol. The van der Waals surface area contributed by atoms with Gasteiger partial charge in [0, 0.05) is 19.3 Å². The predicted octanol–water partition coefficient (Wildman–Crippen LogP) is 2.17. The van der Waals surface area contributed by atoms with Crippen molar-refractivity contribution in [3.05, 3.63) is 82.9 Å². The molecule has 4 N–H and O–H groups in total. The highest BCUT2D eigenvalue weighted by Crippen LogP contribution is 2.24. The van der Waals surface area contributed by atoms with Gasteiger partial charge in [0.15, 0.2) is 14.9 Å². The number of ether oxygens (including phenoxy) is 2. The lowest BCUT2D eigenvalue weighted by atomic mass is 10.1. The van der Waals surface area contributed by atoms with Gasteiger partial charge in [0.05, 0.1) is 23.6 Å². The summed E-state index contributed by atoms with van der Waals surface area (Å²) < 4.78 is 63.6. The number of hydrogen-bond acceptors (Lipinski definition) is 11. The van der Waals surface area contributed by atoms with Crippen LogP contribution in [0.25, 0.3) is 0 Å². The van der Waals surface area contributed by atoms with Crippen LogP contribution in [0.5, 0.6) is 0 Å². The Labute approximate surface area is 291 Å². The molecule has 0 spiro atoms. The fraction of sp³-hybridized carbons (Fsp3) is 0.394. The number of aromatic nitrogens is 1. The molecule has 0 bridgehead atoms. The van der Waals surface area contributed by atoms with Gasteiger partial charge in [-0.05, 0) is 56.0 Å². The van der Waals surface area contributed by atoms with E-state index in [2.05, 4.69) is 20.3 Å². The third-order valence-corrected chi connectivity index (χ3v) is 10.6. The molecule has 1 aliphatic rings. The molecule has 1 aliphatic heterocycles. The standard InChI is InChI=1S/C33H41N5O10S2/c1-21-13-22(2)31(23(3)14-21)50(45,46)37-27(32(40)41)17-35-29(39)20-47-26-15-25(16-34-28-11-8-12-30(36-28)49(4,43)44)38(18-26)33(42)48-19-24-9-6-5-7-10-24/h5-14,25-27,37H,15-20H2,1-4H3,(H,34,36)(H,35,39)(H,40,41). The number of carbonyl (C=O) groups excluding carboxylic acids is 2. The Hall–Kier alpha value is -4.58. The van der Waals surface area contributed by atoms with E-state index in [1.807, 2.05) is 37.3 Å². The van der Waals surface area contributed by atoms with Gasteiger partial charge in [0.2, 0.25) is 15.9 Å².